The average molecular weight is 306 g/mol. The largest absolute Gasteiger partial charge is 0.385 e. The van der Waals surface area contributed by atoms with Gasteiger partial charge in [-0.1, -0.05) is 6.92 Å². The minimum absolute atomic E-state index is 0.0813. The van der Waals surface area contributed by atoms with Crippen LogP contribution in [0, 0.1) is 10.1 Å². The molecule has 0 saturated heterocycles. The predicted octanol–water partition coefficient (Wildman–Crippen LogP) is 3.70. The second kappa shape index (κ2) is 7.03. The van der Waals surface area contributed by atoms with Gasteiger partial charge in [-0.15, -0.1) is 11.3 Å². The fourth-order valence-corrected chi connectivity index (χ4v) is 2.66. The van der Waals surface area contributed by atoms with Crippen molar-refractivity contribution >= 4 is 28.4 Å². The zero-order valence-corrected chi connectivity index (χ0v) is 12.8. The van der Waals surface area contributed by atoms with Crippen molar-refractivity contribution in [2.75, 3.05) is 23.7 Å². The summed E-state index contributed by atoms with van der Waals surface area (Å²) in [6.07, 6.45) is 1.78. The van der Waals surface area contributed by atoms with Crippen LogP contribution in [0.25, 0.3) is 0 Å². The van der Waals surface area contributed by atoms with Crippen molar-refractivity contribution < 1.29 is 4.92 Å². The molecule has 21 heavy (non-hydrogen) atoms. The second-order valence-corrected chi connectivity index (χ2v) is 5.63. The lowest BCUT2D eigenvalue weighted by atomic mass is 10.2. The van der Waals surface area contributed by atoms with Crippen molar-refractivity contribution in [2.45, 2.75) is 19.8 Å². The van der Waals surface area contributed by atoms with E-state index in [1.165, 1.54) is 0 Å². The van der Waals surface area contributed by atoms with Crippen molar-refractivity contribution in [2.24, 2.45) is 0 Å². The van der Waals surface area contributed by atoms with E-state index in [1.54, 1.807) is 29.7 Å². The lowest BCUT2D eigenvalue weighted by Gasteiger charge is -2.12. The molecule has 1 unspecified atom stereocenters. The maximum absolute atomic E-state index is 11.0. The highest BCUT2D eigenvalue weighted by Gasteiger charge is 2.12. The van der Waals surface area contributed by atoms with Crippen LogP contribution in [0.5, 0.6) is 0 Å². The minimum Gasteiger partial charge on any atom is -0.385 e. The third kappa shape index (κ3) is 4.16. The van der Waals surface area contributed by atoms with Crippen molar-refractivity contribution in [3.63, 3.8) is 0 Å². The van der Waals surface area contributed by atoms with Gasteiger partial charge < -0.3 is 10.6 Å². The van der Waals surface area contributed by atoms with E-state index in [0.717, 1.165) is 22.9 Å². The normalized spacial score (nSPS) is 11.9. The van der Waals surface area contributed by atoms with Gasteiger partial charge in [-0.25, -0.2) is 4.98 Å². The molecule has 0 aliphatic heterocycles. The molecule has 0 radical (unpaired) electrons. The molecule has 112 valence electrons. The standard InChI is InChI=1S/C14H18N4O2S/c1-3-15-11-6-12(8-13(7-11)18(19)20)17-9-10(2)14-16-4-5-21-14/h4-8,10,15,17H,3,9H2,1-2H3. The van der Waals surface area contributed by atoms with E-state index in [4.69, 9.17) is 0 Å². The molecule has 0 saturated carbocycles. The van der Waals surface area contributed by atoms with E-state index >= 15 is 0 Å². The van der Waals surface area contributed by atoms with Crippen LogP contribution in [-0.4, -0.2) is 23.0 Å². The Morgan fingerprint density at radius 3 is 2.62 bits per heavy atom. The molecule has 2 N–H and O–H groups in total. The number of aromatic nitrogens is 1. The highest BCUT2D eigenvalue weighted by atomic mass is 32.1. The number of nitrogens with zero attached hydrogens (tertiary/aromatic N) is 2. The number of rotatable bonds is 7. The number of benzene rings is 1. The van der Waals surface area contributed by atoms with Crippen LogP contribution in [0.4, 0.5) is 17.1 Å². The van der Waals surface area contributed by atoms with E-state index < -0.39 is 0 Å². The lowest BCUT2D eigenvalue weighted by Crippen LogP contribution is -2.10. The SMILES string of the molecule is CCNc1cc(NCC(C)c2nccs2)cc([N+](=O)[O-])c1. The number of hydrogen-bond donors (Lipinski definition) is 2. The Hall–Kier alpha value is -2.15. The number of nitrogens with one attached hydrogen (secondary N) is 2. The summed E-state index contributed by atoms with van der Waals surface area (Å²) in [5, 5.41) is 20.3. The van der Waals surface area contributed by atoms with Crippen molar-refractivity contribution in [1.82, 2.24) is 4.98 Å². The van der Waals surface area contributed by atoms with Gasteiger partial charge in [0.15, 0.2) is 0 Å². The van der Waals surface area contributed by atoms with E-state index in [9.17, 15) is 10.1 Å². The minimum atomic E-state index is -0.379. The average Bonchev–Trinajstić information content (AvgIpc) is 2.99. The summed E-state index contributed by atoms with van der Waals surface area (Å²) in [4.78, 5) is 14.9. The van der Waals surface area contributed by atoms with Gasteiger partial charge in [-0.05, 0) is 13.0 Å². The van der Waals surface area contributed by atoms with Crippen LogP contribution in [0.3, 0.4) is 0 Å². The highest BCUT2D eigenvalue weighted by molar-refractivity contribution is 7.09. The Labute approximate surface area is 127 Å². The molecule has 0 aliphatic carbocycles. The number of anilines is 2. The van der Waals surface area contributed by atoms with E-state index in [0.29, 0.717) is 6.54 Å². The Morgan fingerprint density at radius 1 is 1.33 bits per heavy atom. The van der Waals surface area contributed by atoms with E-state index in [-0.39, 0.29) is 16.5 Å². The third-order valence-corrected chi connectivity index (χ3v) is 4.00. The number of hydrogen-bond acceptors (Lipinski definition) is 6. The number of thiazole rings is 1. The molecule has 1 heterocycles. The Morgan fingerprint density at radius 2 is 2.05 bits per heavy atom. The summed E-state index contributed by atoms with van der Waals surface area (Å²) in [5.74, 6) is 0.256. The van der Waals surface area contributed by atoms with Crippen molar-refractivity contribution in [1.29, 1.82) is 0 Å². The zero-order chi connectivity index (χ0) is 15.2. The van der Waals surface area contributed by atoms with Gasteiger partial charge in [0, 0.05) is 54.1 Å². The first-order valence-corrected chi connectivity index (χ1v) is 7.64. The van der Waals surface area contributed by atoms with Gasteiger partial charge in [0.1, 0.15) is 0 Å². The number of nitro groups is 1. The predicted molar refractivity (Wildman–Crippen MR) is 86.3 cm³/mol. The summed E-state index contributed by atoms with van der Waals surface area (Å²) in [7, 11) is 0. The molecule has 0 bridgehead atoms. The summed E-state index contributed by atoms with van der Waals surface area (Å²) in [5.41, 5.74) is 1.57. The molecule has 6 nitrogen and oxygen atoms in total. The Balaban J connectivity index is 2.09. The van der Waals surface area contributed by atoms with Crippen LogP contribution in [-0.2, 0) is 0 Å². The fourth-order valence-electron chi connectivity index (χ4n) is 1.96. The molecule has 1 aromatic heterocycles. The molecule has 0 amide bonds. The molecule has 0 spiro atoms. The fraction of sp³-hybridized carbons (Fsp3) is 0.357. The van der Waals surface area contributed by atoms with Crippen LogP contribution in [0.2, 0.25) is 0 Å². The molecular formula is C14H18N4O2S. The maximum atomic E-state index is 11.0. The first-order chi connectivity index (χ1) is 10.1. The van der Waals surface area contributed by atoms with Crippen LogP contribution in [0.1, 0.15) is 24.8 Å². The molecule has 0 aliphatic rings. The Kier molecular flexibility index (Phi) is 5.10. The number of non-ortho nitro benzene ring substituents is 1. The van der Waals surface area contributed by atoms with E-state index in [1.807, 2.05) is 18.4 Å². The van der Waals surface area contributed by atoms with Crippen LogP contribution < -0.4 is 10.6 Å². The van der Waals surface area contributed by atoms with E-state index in [2.05, 4.69) is 22.5 Å². The molecule has 2 aromatic rings. The monoisotopic (exact) mass is 306 g/mol. The van der Waals surface area contributed by atoms with Crippen LogP contribution >= 0.6 is 11.3 Å². The molecule has 7 heteroatoms. The van der Waals surface area contributed by atoms with Gasteiger partial charge in [0.05, 0.1) is 9.93 Å². The summed E-state index contributed by atoms with van der Waals surface area (Å²) >= 11 is 1.61. The molecule has 0 fully saturated rings. The third-order valence-electron chi connectivity index (χ3n) is 2.99. The zero-order valence-electron chi connectivity index (χ0n) is 12.0. The summed E-state index contributed by atoms with van der Waals surface area (Å²) < 4.78 is 0. The smallest absolute Gasteiger partial charge is 0.273 e. The topological polar surface area (TPSA) is 80.1 Å². The van der Waals surface area contributed by atoms with Gasteiger partial charge in [0.25, 0.3) is 5.69 Å². The summed E-state index contributed by atoms with van der Waals surface area (Å²) in [6, 6.07) is 4.97. The molecule has 1 aromatic carbocycles. The van der Waals surface area contributed by atoms with Crippen molar-refractivity contribution in [3.05, 3.63) is 44.9 Å². The highest BCUT2D eigenvalue weighted by Crippen LogP contribution is 2.25. The molecule has 2 rings (SSSR count). The quantitative estimate of drug-likeness (QED) is 0.602. The van der Waals surface area contributed by atoms with Crippen molar-refractivity contribution in [3.8, 4) is 0 Å². The number of nitro benzene ring substituents is 1. The van der Waals surface area contributed by atoms with Gasteiger partial charge in [-0.3, -0.25) is 10.1 Å². The van der Waals surface area contributed by atoms with Gasteiger partial charge in [-0.2, -0.15) is 0 Å². The van der Waals surface area contributed by atoms with Gasteiger partial charge in [0.2, 0.25) is 0 Å². The van der Waals surface area contributed by atoms with Gasteiger partial charge >= 0.3 is 0 Å². The lowest BCUT2D eigenvalue weighted by molar-refractivity contribution is -0.384. The summed E-state index contributed by atoms with van der Waals surface area (Å²) in [6.45, 7) is 5.43. The molecule has 1 atom stereocenters. The van der Waals surface area contributed by atoms with Crippen LogP contribution in [0.15, 0.2) is 29.8 Å². The molecular weight excluding hydrogens is 288 g/mol. The first kappa shape index (κ1) is 15.2. The first-order valence-electron chi connectivity index (χ1n) is 6.76. The maximum Gasteiger partial charge on any atom is 0.273 e. The second-order valence-electron chi connectivity index (χ2n) is 4.71. The Bertz CT molecular complexity index is 601.